The maximum absolute atomic E-state index is 15.6. The zero-order valence-corrected chi connectivity index (χ0v) is 56.3. The van der Waals surface area contributed by atoms with Gasteiger partial charge in [0.1, 0.15) is 48.2 Å². The number of halogens is 6. The Kier molecular flexibility index (Phi) is 34.4. The van der Waals surface area contributed by atoms with Crippen molar-refractivity contribution in [1.82, 2.24) is 5.32 Å². The standard InChI is InChI=1S/C59H92Cl6NO15PSi/c1-9-12-14-16-18-20-21-23-25-27-35-41-49(67)75-47(40-30-26-24-22-19-17-15-13-10-2)42-50(68)77-52-51(81-82(71,79-45-36-31-28-32-37-45)80-46-38-33-29-34-39-46)48(43-73-55(70)78-56(4,5)59(63,64)65)76-53(72-11-3)58(52,83(6,7)8)66-54(69)74-44-57(60,61)62/h28-29,31-34,36-39,47-48,51-53H,9-27,30,35,40-44H2,1-8H3,(H,66,69)/t47-,48-,51-,52+,53+,58-/m1/s1. The molecule has 0 unspecified atom stereocenters. The van der Waals surface area contributed by atoms with Crippen LogP contribution in [0.25, 0.3) is 0 Å². The molecule has 1 heterocycles. The van der Waals surface area contributed by atoms with Gasteiger partial charge >= 0.3 is 32.0 Å². The number of para-hydroxylation sites is 2. The summed E-state index contributed by atoms with van der Waals surface area (Å²) in [4.78, 5) is 56.7. The molecule has 6 atom stereocenters. The molecule has 1 saturated heterocycles. The maximum Gasteiger partial charge on any atom is 0.588 e. The lowest BCUT2D eigenvalue weighted by atomic mass is 9.95. The smallest absolute Gasteiger partial charge is 0.462 e. The highest BCUT2D eigenvalue weighted by molar-refractivity contribution is 7.49. The second-order valence-corrected chi connectivity index (χ2v) is 34.1. The number of carbonyl (C=O) groups is 4. The highest BCUT2D eigenvalue weighted by Gasteiger charge is 2.68. The van der Waals surface area contributed by atoms with Crippen molar-refractivity contribution in [3.63, 3.8) is 0 Å². The summed E-state index contributed by atoms with van der Waals surface area (Å²) >= 11 is 36.7. The van der Waals surface area contributed by atoms with Gasteiger partial charge in [-0.2, -0.15) is 0 Å². The van der Waals surface area contributed by atoms with Crippen molar-refractivity contribution < 1.29 is 70.5 Å². The van der Waals surface area contributed by atoms with E-state index in [2.05, 4.69) is 19.2 Å². The van der Waals surface area contributed by atoms with Crippen molar-refractivity contribution in [2.45, 2.75) is 251 Å². The fraction of sp³-hybridized carbons (Fsp3) is 0.729. The number of alkyl halides is 6. The van der Waals surface area contributed by atoms with Crippen molar-refractivity contribution in [2.24, 2.45) is 0 Å². The minimum atomic E-state index is -5.06. The Morgan fingerprint density at radius 2 is 1.16 bits per heavy atom. The van der Waals surface area contributed by atoms with Gasteiger partial charge in [0.25, 0.3) is 0 Å². The Bertz CT molecular complexity index is 2180. The quantitative estimate of drug-likeness (QED) is 0.0165. The van der Waals surface area contributed by atoms with Crippen LogP contribution in [-0.2, 0) is 51.8 Å². The van der Waals surface area contributed by atoms with E-state index in [1.54, 1.807) is 43.3 Å². The van der Waals surface area contributed by atoms with Gasteiger partial charge in [-0.05, 0) is 64.3 Å². The molecular weight excluding hydrogens is 1230 g/mol. The molecular formula is C59H92Cl6NO15PSi. The molecule has 0 aliphatic carbocycles. The van der Waals surface area contributed by atoms with Gasteiger partial charge in [0, 0.05) is 13.0 Å². The van der Waals surface area contributed by atoms with Gasteiger partial charge in [0.15, 0.2) is 18.0 Å². The van der Waals surface area contributed by atoms with Crippen molar-refractivity contribution in [2.75, 3.05) is 19.8 Å². The predicted octanol–water partition coefficient (Wildman–Crippen LogP) is 18.2. The van der Waals surface area contributed by atoms with Crippen molar-refractivity contribution >= 4 is 110 Å². The van der Waals surface area contributed by atoms with Crippen molar-refractivity contribution in [1.29, 1.82) is 0 Å². The van der Waals surface area contributed by atoms with Gasteiger partial charge in [0.05, 0.1) is 14.5 Å². The SMILES string of the molecule is CCCCCCCCCCCCCC(=O)O[C@H](CCCCCCCCCCC)CC(=O)O[C@H]1[C@H](OP(=O)(Oc2ccccc2)Oc2ccccc2)[C@@H](COC(=O)OC(C)(C)C(Cl)(Cl)Cl)O[C@H](OCC)[C@]1(NC(=O)OCC(Cl)(Cl)Cl)[Si](C)(C)C. The predicted molar refractivity (Wildman–Crippen MR) is 332 cm³/mol. The van der Waals surface area contributed by atoms with E-state index in [9.17, 15) is 14.4 Å². The molecule has 3 rings (SSSR count). The van der Waals surface area contributed by atoms with Crippen LogP contribution in [0.15, 0.2) is 60.7 Å². The fourth-order valence-corrected chi connectivity index (χ4v) is 13.6. The highest BCUT2D eigenvalue weighted by atomic mass is 35.6. The number of phosphoric ester groups is 1. The third kappa shape index (κ3) is 28.1. The third-order valence-corrected chi connectivity index (χ3v) is 20.3. The lowest BCUT2D eigenvalue weighted by Crippen LogP contribution is -2.83. The van der Waals surface area contributed by atoms with E-state index in [1.165, 1.54) is 89.5 Å². The number of carbonyl (C=O) groups excluding carboxylic acids is 4. The van der Waals surface area contributed by atoms with E-state index >= 15 is 9.36 Å². The van der Waals surface area contributed by atoms with Crippen LogP contribution in [0.4, 0.5) is 9.59 Å². The van der Waals surface area contributed by atoms with Gasteiger partial charge in [-0.1, -0.05) is 255 Å². The summed E-state index contributed by atoms with van der Waals surface area (Å²) in [5.74, 6) is -1.30. The number of unbranched alkanes of at least 4 members (excludes halogenated alkanes) is 18. The summed E-state index contributed by atoms with van der Waals surface area (Å²) < 4.78 is 72.8. The summed E-state index contributed by atoms with van der Waals surface area (Å²) in [6.07, 6.45) is 11.2. The van der Waals surface area contributed by atoms with Crippen LogP contribution in [0.5, 0.6) is 11.5 Å². The number of rotatable bonds is 40. The van der Waals surface area contributed by atoms with Crippen LogP contribution in [0.2, 0.25) is 19.6 Å². The number of amides is 1. The fourth-order valence-electron chi connectivity index (χ4n) is 9.44. The van der Waals surface area contributed by atoms with E-state index in [0.29, 0.717) is 19.3 Å². The second kappa shape index (κ2) is 38.1. The number of nitrogens with one attached hydrogen (secondary N) is 1. The number of alkyl carbamates (subject to hydrolysis) is 1. The summed E-state index contributed by atoms with van der Waals surface area (Å²) in [6, 6.07) is 16.0. The molecule has 83 heavy (non-hydrogen) atoms. The molecule has 1 amide bonds. The molecule has 1 aliphatic heterocycles. The second-order valence-electron chi connectivity index (χ2n) is 22.5. The van der Waals surface area contributed by atoms with Gasteiger partial charge < -0.3 is 47.5 Å². The number of esters is 2. The first-order valence-electron chi connectivity index (χ1n) is 29.6. The van der Waals surface area contributed by atoms with Crippen molar-refractivity contribution in [3.8, 4) is 11.5 Å². The number of hydrogen-bond acceptors (Lipinski definition) is 15. The number of ether oxygens (including phenoxy) is 7. The highest BCUT2D eigenvalue weighted by Crippen LogP contribution is 2.54. The molecule has 2 aromatic rings. The van der Waals surface area contributed by atoms with Gasteiger partial charge in [0.2, 0.25) is 7.59 Å². The average molecular weight is 1330 g/mol. The molecule has 474 valence electrons. The monoisotopic (exact) mass is 1320 g/mol. The van der Waals surface area contributed by atoms with Gasteiger partial charge in [-0.3, -0.25) is 14.1 Å². The minimum absolute atomic E-state index is 0.0359. The first kappa shape index (κ1) is 74.8. The van der Waals surface area contributed by atoms with Crippen molar-refractivity contribution in [3.05, 3.63) is 60.7 Å². The zero-order valence-electron chi connectivity index (χ0n) is 49.9. The van der Waals surface area contributed by atoms with E-state index in [4.69, 9.17) is 116 Å². The van der Waals surface area contributed by atoms with E-state index in [-0.39, 0.29) is 24.5 Å². The first-order chi connectivity index (χ1) is 39.2. The van der Waals surface area contributed by atoms with E-state index in [0.717, 1.165) is 64.2 Å². The van der Waals surface area contributed by atoms with Crippen LogP contribution in [0.1, 0.15) is 182 Å². The molecule has 0 spiro atoms. The Labute approximate surface area is 525 Å². The lowest BCUT2D eigenvalue weighted by molar-refractivity contribution is -0.282. The topological polar surface area (TPSA) is 190 Å². The normalized spacial score (nSPS) is 19.1. The summed E-state index contributed by atoms with van der Waals surface area (Å²) in [5, 5.41) is 0.869. The van der Waals surface area contributed by atoms with Crippen LogP contribution in [-0.4, -0.2) is 101 Å². The number of phosphoric acid groups is 1. The lowest BCUT2D eigenvalue weighted by Gasteiger charge is -2.57. The molecule has 1 aliphatic rings. The Morgan fingerprint density at radius 1 is 0.675 bits per heavy atom. The third-order valence-electron chi connectivity index (χ3n) is 14.1. The van der Waals surface area contributed by atoms with Crippen LogP contribution < -0.4 is 14.4 Å². The van der Waals surface area contributed by atoms with E-state index in [1.807, 2.05) is 19.6 Å². The number of benzene rings is 2. The molecule has 16 nitrogen and oxygen atoms in total. The van der Waals surface area contributed by atoms with Crippen LogP contribution >= 0.6 is 77.4 Å². The van der Waals surface area contributed by atoms with E-state index < -0.39 is 109 Å². The zero-order chi connectivity index (χ0) is 61.6. The summed E-state index contributed by atoms with van der Waals surface area (Å²) in [5.41, 5.74) is -1.74. The first-order valence-corrected chi connectivity index (χ1v) is 36.8. The average Bonchev–Trinajstić information content (AvgIpc) is 2.40. The van der Waals surface area contributed by atoms with Gasteiger partial charge in [-0.15, -0.1) is 0 Å². The molecule has 0 radical (unpaired) electrons. The Morgan fingerprint density at radius 3 is 1.61 bits per heavy atom. The molecule has 1 N–H and O–H groups in total. The van der Waals surface area contributed by atoms with Crippen LogP contribution in [0.3, 0.4) is 0 Å². The molecule has 0 bridgehead atoms. The van der Waals surface area contributed by atoms with Gasteiger partial charge in [-0.25, -0.2) is 14.2 Å². The minimum Gasteiger partial charge on any atom is -0.462 e. The number of hydrogen-bond donors (Lipinski definition) is 1. The maximum atomic E-state index is 15.6. The summed E-state index contributed by atoms with van der Waals surface area (Å²) in [7, 11) is -8.42. The largest absolute Gasteiger partial charge is 0.588 e. The Balaban J connectivity index is 2.19. The molecule has 2 aromatic carbocycles. The molecule has 24 heteroatoms. The molecule has 0 saturated carbocycles. The summed E-state index contributed by atoms with van der Waals surface area (Å²) in [6.45, 7) is 12.6. The Hall–Kier alpha value is -2.41. The van der Waals surface area contributed by atoms with Crippen LogP contribution in [0, 0.1) is 0 Å². The molecule has 1 fully saturated rings. The molecule has 0 aromatic heterocycles.